The molecule has 0 heterocycles. The van der Waals surface area contributed by atoms with Gasteiger partial charge in [-0.15, -0.1) is 0 Å². The van der Waals surface area contributed by atoms with E-state index < -0.39 is 0 Å². The van der Waals surface area contributed by atoms with Crippen molar-refractivity contribution in [2.24, 2.45) is 0 Å². The van der Waals surface area contributed by atoms with E-state index in [0.717, 1.165) is 30.6 Å². The van der Waals surface area contributed by atoms with Gasteiger partial charge in [-0.2, -0.15) is 0 Å². The zero-order valence-corrected chi connectivity index (χ0v) is 15.0. The fraction of sp³-hybridized carbons (Fsp3) is 0.368. The van der Waals surface area contributed by atoms with Gasteiger partial charge in [-0.1, -0.05) is 55.6 Å². The highest BCUT2D eigenvalue weighted by Gasteiger charge is 2.09. The van der Waals surface area contributed by atoms with Gasteiger partial charge in [0.15, 0.2) is 0 Å². The molecule has 0 fully saturated rings. The average Bonchev–Trinajstić information content (AvgIpc) is 2.55. The summed E-state index contributed by atoms with van der Waals surface area (Å²) in [4.78, 5) is 0. The second-order valence-electron chi connectivity index (χ2n) is 5.44. The molecule has 2 aromatic rings. The molecule has 0 saturated carbocycles. The van der Waals surface area contributed by atoms with Crippen LogP contribution < -0.4 is 9.47 Å². The topological polar surface area (TPSA) is 18.5 Å². The predicted octanol–water partition coefficient (Wildman–Crippen LogP) is 6.53. The van der Waals surface area contributed by atoms with Crippen LogP contribution in [0.25, 0.3) is 0 Å². The lowest BCUT2D eigenvalue weighted by molar-refractivity contribution is 0.185. The molecule has 2 nitrogen and oxygen atoms in total. The van der Waals surface area contributed by atoms with Crippen LogP contribution in [-0.4, -0.2) is 6.10 Å². The Labute approximate surface area is 148 Å². The summed E-state index contributed by atoms with van der Waals surface area (Å²) >= 11 is 12.2. The van der Waals surface area contributed by atoms with Gasteiger partial charge in [0.2, 0.25) is 0 Å². The summed E-state index contributed by atoms with van der Waals surface area (Å²) in [5, 5.41) is 1.27. The summed E-state index contributed by atoms with van der Waals surface area (Å²) < 4.78 is 11.7. The first-order valence-electron chi connectivity index (χ1n) is 7.95. The monoisotopic (exact) mass is 352 g/mol. The normalized spacial score (nSPS) is 12.0. The molecule has 23 heavy (non-hydrogen) atoms. The minimum atomic E-state index is 0.233. The van der Waals surface area contributed by atoms with Crippen molar-refractivity contribution in [1.82, 2.24) is 0 Å². The third-order valence-corrected chi connectivity index (χ3v) is 4.13. The molecule has 1 atom stereocenters. The number of benzene rings is 2. The molecule has 0 spiro atoms. The summed E-state index contributed by atoms with van der Waals surface area (Å²) in [6.45, 7) is 4.74. The van der Waals surface area contributed by atoms with Crippen LogP contribution in [-0.2, 0) is 6.61 Å². The van der Waals surface area contributed by atoms with Crippen molar-refractivity contribution in [1.29, 1.82) is 0 Å². The van der Waals surface area contributed by atoms with Crippen LogP contribution in [0.5, 0.6) is 11.5 Å². The van der Waals surface area contributed by atoms with E-state index in [4.69, 9.17) is 32.7 Å². The van der Waals surface area contributed by atoms with Crippen molar-refractivity contribution < 1.29 is 9.47 Å². The van der Waals surface area contributed by atoms with Gasteiger partial charge >= 0.3 is 0 Å². The Hall–Kier alpha value is -1.38. The molecular formula is C19H22Cl2O2. The average molecular weight is 353 g/mol. The molecule has 0 bridgehead atoms. The van der Waals surface area contributed by atoms with Crippen LogP contribution in [0.1, 0.15) is 38.7 Å². The van der Waals surface area contributed by atoms with Gasteiger partial charge < -0.3 is 9.47 Å². The minimum Gasteiger partial charge on any atom is -0.490 e. The minimum absolute atomic E-state index is 0.233. The zero-order valence-electron chi connectivity index (χ0n) is 13.5. The first-order chi connectivity index (χ1) is 11.1. The lowest BCUT2D eigenvalue weighted by Crippen LogP contribution is -2.14. The van der Waals surface area contributed by atoms with E-state index in [1.54, 1.807) is 0 Å². The third-order valence-electron chi connectivity index (χ3n) is 3.58. The van der Waals surface area contributed by atoms with Crippen molar-refractivity contribution in [3.63, 3.8) is 0 Å². The SMILES string of the molecule is CCCC(CC)Oc1ccc(OCc2ccc(Cl)cc2)c(Cl)c1. The Morgan fingerprint density at radius 3 is 2.35 bits per heavy atom. The van der Waals surface area contributed by atoms with Crippen LogP contribution in [0.4, 0.5) is 0 Å². The van der Waals surface area contributed by atoms with Gasteiger partial charge in [-0.3, -0.25) is 0 Å². The summed E-state index contributed by atoms with van der Waals surface area (Å²) in [6, 6.07) is 13.1. The van der Waals surface area contributed by atoms with E-state index in [1.165, 1.54) is 0 Å². The maximum Gasteiger partial charge on any atom is 0.138 e. The highest BCUT2D eigenvalue weighted by atomic mass is 35.5. The van der Waals surface area contributed by atoms with Crippen LogP contribution in [0.15, 0.2) is 42.5 Å². The van der Waals surface area contributed by atoms with Gasteiger partial charge in [-0.25, -0.2) is 0 Å². The highest BCUT2D eigenvalue weighted by molar-refractivity contribution is 6.32. The molecule has 0 radical (unpaired) electrons. The van der Waals surface area contributed by atoms with Gasteiger partial charge in [0.1, 0.15) is 18.1 Å². The standard InChI is InChI=1S/C19H22Cl2O2/c1-3-5-16(4-2)23-17-10-11-19(18(21)12-17)22-13-14-6-8-15(20)9-7-14/h6-12,16H,3-5,13H2,1-2H3. The number of hydrogen-bond acceptors (Lipinski definition) is 2. The fourth-order valence-electron chi connectivity index (χ4n) is 2.27. The Morgan fingerprint density at radius 2 is 1.74 bits per heavy atom. The van der Waals surface area contributed by atoms with E-state index in [-0.39, 0.29) is 6.10 Å². The second kappa shape index (κ2) is 9.05. The molecule has 0 saturated heterocycles. The first-order valence-corrected chi connectivity index (χ1v) is 8.71. The number of ether oxygens (including phenoxy) is 2. The molecule has 2 rings (SSSR count). The molecule has 0 aliphatic rings. The summed E-state index contributed by atoms with van der Waals surface area (Å²) in [5.41, 5.74) is 1.04. The van der Waals surface area contributed by atoms with Crippen LogP contribution >= 0.6 is 23.2 Å². The molecule has 0 amide bonds. The molecular weight excluding hydrogens is 331 g/mol. The number of halogens is 2. The molecule has 0 N–H and O–H groups in total. The lowest BCUT2D eigenvalue weighted by Gasteiger charge is -2.17. The summed E-state index contributed by atoms with van der Waals surface area (Å²) in [6.07, 6.45) is 3.37. The third kappa shape index (κ3) is 5.63. The molecule has 4 heteroatoms. The number of hydrogen-bond donors (Lipinski definition) is 0. The van der Waals surface area contributed by atoms with Crippen molar-refractivity contribution >= 4 is 23.2 Å². The Morgan fingerprint density at radius 1 is 1.00 bits per heavy atom. The maximum atomic E-state index is 6.30. The van der Waals surface area contributed by atoms with E-state index in [2.05, 4.69) is 13.8 Å². The van der Waals surface area contributed by atoms with Gasteiger partial charge in [0, 0.05) is 11.1 Å². The van der Waals surface area contributed by atoms with Gasteiger partial charge in [0.25, 0.3) is 0 Å². The Kier molecular flexibility index (Phi) is 7.07. The van der Waals surface area contributed by atoms with Crippen molar-refractivity contribution in [3.05, 3.63) is 58.1 Å². The van der Waals surface area contributed by atoms with Crippen molar-refractivity contribution in [2.75, 3.05) is 0 Å². The van der Waals surface area contributed by atoms with Crippen LogP contribution in [0, 0.1) is 0 Å². The molecule has 1 unspecified atom stereocenters. The summed E-state index contributed by atoms with van der Waals surface area (Å²) in [7, 11) is 0. The Balaban J connectivity index is 1.97. The molecule has 0 aromatic heterocycles. The van der Waals surface area contributed by atoms with Gasteiger partial charge in [0.05, 0.1) is 11.1 Å². The summed E-state index contributed by atoms with van der Waals surface area (Å²) in [5.74, 6) is 1.44. The van der Waals surface area contributed by atoms with Crippen LogP contribution in [0.3, 0.4) is 0 Å². The number of rotatable bonds is 8. The van der Waals surface area contributed by atoms with Crippen molar-refractivity contribution in [3.8, 4) is 11.5 Å². The zero-order chi connectivity index (χ0) is 16.7. The smallest absolute Gasteiger partial charge is 0.138 e. The Bertz CT molecular complexity index is 611. The molecule has 124 valence electrons. The predicted molar refractivity (Wildman–Crippen MR) is 96.9 cm³/mol. The van der Waals surface area contributed by atoms with E-state index in [9.17, 15) is 0 Å². The van der Waals surface area contributed by atoms with E-state index in [0.29, 0.717) is 22.4 Å². The van der Waals surface area contributed by atoms with Crippen molar-refractivity contribution in [2.45, 2.75) is 45.8 Å². The molecule has 0 aliphatic heterocycles. The first kappa shape index (κ1) is 18.0. The van der Waals surface area contributed by atoms with Gasteiger partial charge in [-0.05, 0) is 42.7 Å². The highest BCUT2D eigenvalue weighted by Crippen LogP contribution is 2.30. The maximum absolute atomic E-state index is 6.30. The molecule has 2 aromatic carbocycles. The van der Waals surface area contributed by atoms with E-state index >= 15 is 0 Å². The van der Waals surface area contributed by atoms with E-state index in [1.807, 2.05) is 42.5 Å². The van der Waals surface area contributed by atoms with Crippen LogP contribution in [0.2, 0.25) is 10.0 Å². The quantitative estimate of drug-likeness (QED) is 0.537. The largest absolute Gasteiger partial charge is 0.490 e. The fourth-order valence-corrected chi connectivity index (χ4v) is 2.63. The second-order valence-corrected chi connectivity index (χ2v) is 6.29. The lowest BCUT2D eigenvalue weighted by atomic mass is 10.1. The molecule has 0 aliphatic carbocycles.